The van der Waals surface area contributed by atoms with Crippen LogP contribution in [0.15, 0.2) is 35.7 Å². The van der Waals surface area contributed by atoms with Crippen LogP contribution >= 0.6 is 11.3 Å². The van der Waals surface area contributed by atoms with Crippen molar-refractivity contribution in [2.24, 2.45) is 0 Å². The maximum Gasteiger partial charge on any atom is 0.113 e. The molecule has 0 fully saturated rings. The monoisotopic (exact) mass is 299 g/mol. The summed E-state index contributed by atoms with van der Waals surface area (Å²) >= 11 is 1.57. The fourth-order valence-corrected chi connectivity index (χ4v) is 3.09. The van der Waals surface area contributed by atoms with Gasteiger partial charge in [-0.15, -0.1) is 11.3 Å². The second-order valence-electron chi connectivity index (χ2n) is 5.61. The molecule has 110 valence electrons. The minimum atomic E-state index is -0.511. The van der Waals surface area contributed by atoms with Gasteiger partial charge in [-0.2, -0.15) is 5.26 Å². The van der Waals surface area contributed by atoms with Crippen molar-refractivity contribution in [3.63, 3.8) is 0 Å². The van der Waals surface area contributed by atoms with E-state index in [4.69, 9.17) is 0 Å². The molecule has 0 aliphatic carbocycles. The minimum absolute atomic E-state index is 0.261. The van der Waals surface area contributed by atoms with E-state index in [0.717, 1.165) is 23.7 Å². The molecule has 0 bridgehead atoms. The number of likely N-dealkylation sites (N-methyl/N-ethyl adjacent to an activating group) is 1. The highest BCUT2D eigenvalue weighted by molar-refractivity contribution is 7.09. The maximum atomic E-state index is 9.21. The number of benzene rings is 1. The molecule has 1 N–H and O–H groups in total. The zero-order valence-electron chi connectivity index (χ0n) is 12.8. The number of hydrogen-bond acceptors (Lipinski definition) is 4. The maximum absolute atomic E-state index is 9.21. The van der Waals surface area contributed by atoms with Gasteiger partial charge in [0, 0.05) is 17.8 Å². The highest BCUT2D eigenvalue weighted by atomic mass is 32.1. The van der Waals surface area contributed by atoms with Crippen LogP contribution < -0.4 is 5.32 Å². The molecule has 0 aliphatic heterocycles. The van der Waals surface area contributed by atoms with Crippen molar-refractivity contribution in [3.05, 3.63) is 52.0 Å². The van der Waals surface area contributed by atoms with Crippen molar-refractivity contribution >= 4 is 11.3 Å². The zero-order chi connectivity index (χ0) is 15.3. The van der Waals surface area contributed by atoms with Crippen LogP contribution in [0.1, 0.15) is 43.1 Å². The van der Waals surface area contributed by atoms with Gasteiger partial charge in [-0.25, -0.2) is 4.98 Å². The number of nitriles is 1. The van der Waals surface area contributed by atoms with Gasteiger partial charge in [-0.05, 0) is 26.0 Å². The third-order valence-electron chi connectivity index (χ3n) is 3.43. The summed E-state index contributed by atoms with van der Waals surface area (Å²) < 4.78 is 0. The molecule has 0 saturated carbocycles. The van der Waals surface area contributed by atoms with Gasteiger partial charge in [0.25, 0.3) is 0 Å². The quantitative estimate of drug-likeness (QED) is 0.881. The SMILES string of the molecule is CCNC(Cc1csc(C(C)(C)C#N)n1)c1ccccc1. The number of nitrogens with one attached hydrogen (secondary N) is 1. The summed E-state index contributed by atoms with van der Waals surface area (Å²) in [6, 6.07) is 13.0. The van der Waals surface area contributed by atoms with Crippen LogP contribution in [0.25, 0.3) is 0 Å². The van der Waals surface area contributed by atoms with E-state index >= 15 is 0 Å². The molecule has 2 aromatic rings. The van der Waals surface area contributed by atoms with Gasteiger partial charge in [0.2, 0.25) is 0 Å². The smallest absolute Gasteiger partial charge is 0.113 e. The standard InChI is InChI=1S/C17H21N3S/c1-4-19-15(13-8-6-5-7-9-13)10-14-11-21-16(20-14)17(2,3)12-18/h5-9,11,15,19H,4,10H2,1-3H3. The molecule has 3 nitrogen and oxygen atoms in total. The zero-order valence-corrected chi connectivity index (χ0v) is 13.6. The Morgan fingerprint density at radius 2 is 2.05 bits per heavy atom. The molecular formula is C17H21N3S. The van der Waals surface area contributed by atoms with Crippen LogP contribution in [0, 0.1) is 11.3 Å². The second kappa shape index (κ2) is 6.84. The van der Waals surface area contributed by atoms with Crippen molar-refractivity contribution in [2.75, 3.05) is 6.54 Å². The molecule has 1 atom stereocenters. The first-order valence-electron chi connectivity index (χ1n) is 7.21. The lowest BCUT2D eigenvalue weighted by Gasteiger charge is -2.17. The summed E-state index contributed by atoms with van der Waals surface area (Å²) in [4.78, 5) is 4.66. The predicted octanol–water partition coefficient (Wildman–Crippen LogP) is 3.84. The van der Waals surface area contributed by atoms with Crippen LogP contribution in [0.2, 0.25) is 0 Å². The van der Waals surface area contributed by atoms with Crippen LogP contribution in [0.5, 0.6) is 0 Å². The summed E-state index contributed by atoms with van der Waals surface area (Å²) in [5.41, 5.74) is 1.81. The fourth-order valence-electron chi connectivity index (χ4n) is 2.18. The molecular weight excluding hydrogens is 278 g/mol. The van der Waals surface area contributed by atoms with E-state index in [1.54, 1.807) is 11.3 Å². The molecule has 2 rings (SSSR count). The van der Waals surface area contributed by atoms with Crippen LogP contribution in [0.4, 0.5) is 0 Å². The van der Waals surface area contributed by atoms with E-state index in [1.807, 2.05) is 19.9 Å². The second-order valence-corrected chi connectivity index (χ2v) is 6.46. The normalized spacial score (nSPS) is 12.9. The molecule has 1 heterocycles. The van der Waals surface area contributed by atoms with Gasteiger partial charge in [-0.1, -0.05) is 37.3 Å². The largest absolute Gasteiger partial charge is 0.310 e. The van der Waals surface area contributed by atoms with E-state index in [-0.39, 0.29) is 6.04 Å². The summed E-state index contributed by atoms with van der Waals surface area (Å²) in [5.74, 6) is 0. The first kappa shape index (κ1) is 15.7. The van der Waals surface area contributed by atoms with Gasteiger partial charge in [-0.3, -0.25) is 0 Å². The van der Waals surface area contributed by atoms with Crippen LogP contribution in [-0.4, -0.2) is 11.5 Å². The molecule has 0 amide bonds. The number of aromatic nitrogens is 1. The molecule has 1 aromatic heterocycles. The third-order valence-corrected chi connectivity index (χ3v) is 4.65. The Balaban J connectivity index is 2.17. The number of rotatable bonds is 6. The predicted molar refractivity (Wildman–Crippen MR) is 87.3 cm³/mol. The molecule has 0 spiro atoms. The first-order valence-corrected chi connectivity index (χ1v) is 8.09. The fraction of sp³-hybridized carbons (Fsp3) is 0.412. The average molecular weight is 299 g/mol. The van der Waals surface area contributed by atoms with Crippen molar-refractivity contribution in [1.82, 2.24) is 10.3 Å². The van der Waals surface area contributed by atoms with Crippen molar-refractivity contribution in [2.45, 2.75) is 38.6 Å². The van der Waals surface area contributed by atoms with Crippen LogP contribution in [-0.2, 0) is 11.8 Å². The Kier molecular flexibility index (Phi) is 5.11. The third kappa shape index (κ3) is 3.90. The summed E-state index contributed by atoms with van der Waals surface area (Å²) in [6.45, 7) is 6.85. The average Bonchev–Trinajstić information content (AvgIpc) is 2.97. The van der Waals surface area contributed by atoms with Crippen molar-refractivity contribution in [3.8, 4) is 6.07 Å². The summed E-state index contributed by atoms with van der Waals surface area (Å²) in [5, 5.41) is 15.7. The topological polar surface area (TPSA) is 48.7 Å². The number of thiazole rings is 1. The molecule has 0 radical (unpaired) electrons. The van der Waals surface area contributed by atoms with E-state index in [2.05, 4.69) is 52.9 Å². The first-order chi connectivity index (χ1) is 10.1. The highest BCUT2D eigenvalue weighted by Gasteiger charge is 2.24. The summed E-state index contributed by atoms with van der Waals surface area (Å²) in [7, 11) is 0. The van der Waals surface area contributed by atoms with E-state index < -0.39 is 5.41 Å². The van der Waals surface area contributed by atoms with Gasteiger partial charge in [0.15, 0.2) is 0 Å². The molecule has 21 heavy (non-hydrogen) atoms. The molecule has 0 aliphatic rings. The Morgan fingerprint density at radius 1 is 1.33 bits per heavy atom. The van der Waals surface area contributed by atoms with Crippen molar-refractivity contribution < 1.29 is 0 Å². The lowest BCUT2D eigenvalue weighted by molar-refractivity contribution is 0.543. The number of nitrogens with zero attached hydrogens (tertiary/aromatic N) is 2. The molecule has 4 heteroatoms. The van der Waals surface area contributed by atoms with E-state index in [9.17, 15) is 5.26 Å². The molecule has 1 unspecified atom stereocenters. The Morgan fingerprint density at radius 3 is 2.67 bits per heavy atom. The lowest BCUT2D eigenvalue weighted by atomic mass is 9.97. The summed E-state index contributed by atoms with van der Waals surface area (Å²) in [6.07, 6.45) is 0.843. The number of hydrogen-bond donors (Lipinski definition) is 1. The Labute approximate surface area is 130 Å². The van der Waals surface area contributed by atoms with Crippen LogP contribution in [0.3, 0.4) is 0 Å². The highest BCUT2D eigenvalue weighted by Crippen LogP contribution is 2.27. The van der Waals surface area contributed by atoms with Gasteiger partial charge >= 0.3 is 0 Å². The molecule has 1 aromatic carbocycles. The van der Waals surface area contributed by atoms with Crippen molar-refractivity contribution in [1.29, 1.82) is 5.26 Å². The molecule has 0 saturated heterocycles. The Hall–Kier alpha value is -1.70. The van der Waals surface area contributed by atoms with E-state index in [0.29, 0.717) is 0 Å². The van der Waals surface area contributed by atoms with E-state index in [1.165, 1.54) is 5.56 Å². The van der Waals surface area contributed by atoms with Gasteiger partial charge in [0.05, 0.1) is 11.8 Å². The minimum Gasteiger partial charge on any atom is -0.310 e. The van der Waals surface area contributed by atoms with Gasteiger partial charge in [0.1, 0.15) is 10.4 Å². The Bertz CT molecular complexity index is 610. The van der Waals surface area contributed by atoms with Gasteiger partial charge < -0.3 is 5.32 Å². The lowest BCUT2D eigenvalue weighted by Crippen LogP contribution is -2.23.